The summed E-state index contributed by atoms with van der Waals surface area (Å²) in [6.45, 7) is 3.58. The Kier molecular flexibility index (Phi) is 4.91. The molecule has 0 fully saturated rings. The minimum absolute atomic E-state index is 0.0000666. The van der Waals surface area contributed by atoms with Gasteiger partial charge < -0.3 is 5.32 Å². The highest BCUT2D eigenvalue weighted by Crippen LogP contribution is 2.40. The van der Waals surface area contributed by atoms with Crippen LogP contribution in [-0.2, 0) is 4.79 Å². The smallest absolute Gasteiger partial charge is 0.331 e. The van der Waals surface area contributed by atoms with E-state index in [0.29, 0.717) is 17.7 Å². The van der Waals surface area contributed by atoms with E-state index in [4.69, 9.17) is 0 Å². The summed E-state index contributed by atoms with van der Waals surface area (Å²) in [6.07, 6.45) is -4.45. The zero-order chi connectivity index (χ0) is 19.7. The number of carbonyl (C=O) groups is 1. The number of hydrogen-bond donors (Lipinski definition) is 1. The Morgan fingerprint density at radius 1 is 1.11 bits per heavy atom. The number of pyridine rings is 1. The van der Waals surface area contributed by atoms with Crippen LogP contribution >= 0.6 is 0 Å². The first-order valence-corrected chi connectivity index (χ1v) is 8.54. The molecular formula is C19H19F3N4O. The zero-order valence-corrected chi connectivity index (χ0v) is 14.9. The van der Waals surface area contributed by atoms with Crippen molar-refractivity contribution in [1.82, 2.24) is 9.88 Å². The topological polar surface area (TPSA) is 57.6 Å². The van der Waals surface area contributed by atoms with E-state index in [-0.39, 0.29) is 18.2 Å². The summed E-state index contributed by atoms with van der Waals surface area (Å²) < 4.78 is 42.3. The Balaban J connectivity index is 2.14. The van der Waals surface area contributed by atoms with Crippen molar-refractivity contribution in [2.24, 2.45) is 4.99 Å². The van der Waals surface area contributed by atoms with Crippen LogP contribution in [0.2, 0.25) is 0 Å². The maximum absolute atomic E-state index is 14.1. The largest absolute Gasteiger partial charge is 0.442 e. The fourth-order valence-corrected chi connectivity index (χ4v) is 2.93. The predicted octanol–water partition coefficient (Wildman–Crippen LogP) is 3.76. The number of alkyl halides is 3. The Labute approximate surface area is 154 Å². The second kappa shape index (κ2) is 7.02. The number of nitrogens with zero attached hydrogens (tertiary/aromatic N) is 3. The van der Waals surface area contributed by atoms with Gasteiger partial charge in [0.2, 0.25) is 0 Å². The number of rotatable bonds is 5. The van der Waals surface area contributed by atoms with Gasteiger partial charge in [0.05, 0.1) is 0 Å². The summed E-state index contributed by atoms with van der Waals surface area (Å²) in [5.74, 6) is -1.21. The molecule has 0 radical (unpaired) electrons. The van der Waals surface area contributed by atoms with Crippen molar-refractivity contribution in [3.63, 3.8) is 0 Å². The van der Waals surface area contributed by atoms with E-state index in [1.54, 1.807) is 56.3 Å². The van der Waals surface area contributed by atoms with Crippen LogP contribution in [0.5, 0.6) is 0 Å². The van der Waals surface area contributed by atoms with E-state index in [1.807, 2.05) is 0 Å². The first-order valence-electron chi connectivity index (χ1n) is 8.54. The molecule has 0 saturated heterocycles. The third-order valence-electron chi connectivity index (χ3n) is 4.17. The molecule has 0 saturated carbocycles. The Morgan fingerprint density at radius 2 is 1.81 bits per heavy atom. The van der Waals surface area contributed by atoms with Crippen LogP contribution in [0.25, 0.3) is 0 Å². The minimum atomic E-state index is -4.95. The molecule has 142 valence electrons. The predicted molar refractivity (Wildman–Crippen MR) is 96.4 cm³/mol. The molecule has 2 heterocycles. The van der Waals surface area contributed by atoms with Gasteiger partial charge in [0, 0.05) is 17.8 Å². The van der Waals surface area contributed by atoms with Crippen LogP contribution in [0, 0.1) is 6.92 Å². The molecule has 2 aromatic rings. The van der Waals surface area contributed by atoms with Crippen LogP contribution in [0.15, 0.2) is 53.5 Å². The maximum Gasteiger partial charge on any atom is 0.442 e. The first-order chi connectivity index (χ1) is 12.8. The highest BCUT2D eigenvalue weighted by atomic mass is 19.4. The Morgan fingerprint density at radius 3 is 2.41 bits per heavy atom. The molecule has 27 heavy (non-hydrogen) atoms. The quantitative estimate of drug-likeness (QED) is 0.865. The molecule has 0 spiro atoms. The SMILES string of the molecule is CCCN1C(=O)C(Nc2cccc(C)n2)(C(F)(F)F)N=C1c1ccccc1. The first kappa shape index (κ1) is 18.9. The second-order valence-corrected chi connectivity index (χ2v) is 6.26. The standard InChI is InChI=1S/C19H19F3N4O/c1-3-12-26-16(14-9-5-4-6-10-14)25-18(17(26)27,19(20,21)22)24-15-11-7-8-13(2)23-15/h4-11H,3,12H2,1-2H3,(H,23,24). The highest BCUT2D eigenvalue weighted by Gasteiger charge is 2.66. The lowest BCUT2D eigenvalue weighted by Gasteiger charge is -2.29. The van der Waals surface area contributed by atoms with Crippen molar-refractivity contribution in [2.45, 2.75) is 32.1 Å². The number of amides is 1. The summed E-state index contributed by atoms with van der Waals surface area (Å²) in [5, 5.41) is 2.26. The summed E-state index contributed by atoms with van der Waals surface area (Å²) in [4.78, 5) is 22.0. The lowest BCUT2D eigenvalue weighted by atomic mass is 10.1. The van der Waals surface area contributed by atoms with Gasteiger partial charge in [0.1, 0.15) is 11.7 Å². The molecule has 1 amide bonds. The van der Waals surface area contributed by atoms with E-state index in [2.05, 4.69) is 15.3 Å². The molecular weight excluding hydrogens is 357 g/mol. The lowest BCUT2D eigenvalue weighted by molar-refractivity contribution is -0.185. The fraction of sp³-hybridized carbons (Fsp3) is 0.316. The zero-order valence-electron chi connectivity index (χ0n) is 14.9. The molecule has 8 heteroatoms. The van der Waals surface area contributed by atoms with Crippen LogP contribution in [0.3, 0.4) is 0 Å². The average Bonchev–Trinajstić information content (AvgIpc) is 2.90. The normalized spacial score (nSPS) is 20.0. The molecule has 1 N–H and O–H groups in total. The molecule has 1 aliphatic heterocycles. The molecule has 1 aliphatic rings. The number of aryl methyl sites for hydroxylation is 1. The molecule has 1 unspecified atom stereocenters. The van der Waals surface area contributed by atoms with Gasteiger partial charge in [0.15, 0.2) is 0 Å². The van der Waals surface area contributed by atoms with Crippen molar-refractivity contribution in [1.29, 1.82) is 0 Å². The van der Waals surface area contributed by atoms with E-state index in [9.17, 15) is 18.0 Å². The van der Waals surface area contributed by atoms with E-state index < -0.39 is 17.7 Å². The maximum atomic E-state index is 14.1. The molecule has 1 aromatic heterocycles. The number of benzene rings is 1. The van der Waals surface area contributed by atoms with Gasteiger partial charge in [-0.25, -0.2) is 9.98 Å². The number of aromatic nitrogens is 1. The second-order valence-electron chi connectivity index (χ2n) is 6.26. The highest BCUT2D eigenvalue weighted by molar-refractivity contribution is 6.16. The van der Waals surface area contributed by atoms with Gasteiger partial charge in [-0.3, -0.25) is 9.69 Å². The van der Waals surface area contributed by atoms with Crippen molar-refractivity contribution in [2.75, 3.05) is 11.9 Å². The molecule has 5 nitrogen and oxygen atoms in total. The molecule has 0 bridgehead atoms. The fourth-order valence-electron chi connectivity index (χ4n) is 2.93. The number of anilines is 1. The van der Waals surface area contributed by atoms with E-state index in [0.717, 1.165) is 4.90 Å². The van der Waals surface area contributed by atoms with Crippen molar-refractivity contribution in [3.05, 3.63) is 59.8 Å². The Hall–Kier alpha value is -2.90. The molecule has 1 aromatic carbocycles. The van der Waals surface area contributed by atoms with Gasteiger partial charge in [0.25, 0.3) is 5.91 Å². The third-order valence-corrected chi connectivity index (χ3v) is 4.17. The number of nitrogens with one attached hydrogen (secondary N) is 1. The van der Waals surface area contributed by atoms with Crippen LogP contribution in [0.1, 0.15) is 24.6 Å². The average molecular weight is 376 g/mol. The monoisotopic (exact) mass is 376 g/mol. The summed E-state index contributed by atoms with van der Waals surface area (Å²) >= 11 is 0. The van der Waals surface area contributed by atoms with Gasteiger partial charge in [-0.2, -0.15) is 13.2 Å². The summed E-state index contributed by atoms with van der Waals surface area (Å²) in [7, 11) is 0. The van der Waals surface area contributed by atoms with Crippen molar-refractivity contribution in [3.8, 4) is 0 Å². The number of amidine groups is 1. The van der Waals surface area contributed by atoms with Gasteiger partial charge in [-0.1, -0.05) is 43.3 Å². The van der Waals surface area contributed by atoms with Crippen molar-refractivity contribution >= 4 is 17.6 Å². The van der Waals surface area contributed by atoms with E-state index in [1.165, 1.54) is 6.07 Å². The third kappa shape index (κ3) is 3.39. The molecule has 0 aliphatic carbocycles. The number of aliphatic imine (C=N–C) groups is 1. The van der Waals surface area contributed by atoms with Crippen LogP contribution in [-0.4, -0.2) is 40.0 Å². The van der Waals surface area contributed by atoms with E-state index >= 15 is 0 Å². The summed E-state index contributed by atoms with van der Waals surface area (Å²) in [5.41, 5.74) is -2.13. The summed E-state index contributed by atoms with van der Waals surface area (Å²) in [6, 6.07) is 13.0. The number of carbonyl (C=O) groups excluding carboxylic acids is 1. The molecule has 3 rings (SSSR count). The molecule has 1 atom stereocenters. The van der Waals surface area contributed by atoms with Crippen LogP contribution in [0.4, 0.5) is 19.0 Å². The number of hydrogen-bond acceptors (Lipinski definition) is 4. The van der Waals surface area contributed by atoms with Gasteiger partial charge in [-0.15, -0.1) is 0 Å². The van der Waals surface area contributed by atoms with Gasteiger partial charge in [-0.05, 0) is 25.5 Å². The lowest BCUT2D eigenvalue weighted by Crippen LogP contribution is -2.58. The number of halogens is 3. The van der Waals surface area contributed by atoms with Crippen molar-refractivity contribution < 1.29 is 18.0 Å². The Bertz CT molecular complexity index is 867. The van der Waals surface area contributed by atoms with Gasteiger partial charge >= 0.3 is 11.8 Å². The van der Waals surface area contributed by atoms with Crippen LogP contribution < -0.4 is 5.32 Å². The minimum Gasteiger partial charge on any atom is -0.331 e.